The summed E-state index contributed by atoms with van der Waals surface area (Å²) in [5, 5.41) is 9.05. The smallest absolute Gasteiger partial charge is 0.306 e. The highest BCUT2D eigenvalue weighted by Crippen LogP contribution is 2.36. The fourth-order valence-electron chi connectivity index (χ4n) is 2.88. The van der Waals surface area contributed by atoms with Gasteiger partial charge in [-0.1, -0.05) is 25.1 Å². The SMILES string of the molecule is CCN1c2c(CC(C)C(=O)O)cccc2CC1C. The summed E-state index contributed by atoms with van der Waals surface area (Å²) in [6.45, 7) is 7.14. The molecule has 1 aliphatic rings. The van der Waals surface area contributed by atoms with Crippen LogP contribution in [0.2, 0.25) is 0 Å². The van der Waals surface area contributed by atoms with Gasteiger partial charge < -0.3 is 10.0 Å². The average molecular weight is 247 g/mol. The highest BCUT2D eigenvalue weighted by molar-refractivity contribution is 5.71. The van der Waals surface area contributed by atoms with Gasteiger partial charge in [0.05, 0.1) is 5.92 Å². The summed E-state index contributed by atoms with van der Waals surface area (Å²) in [4.78, 5) is 13.4. The monoisotopic (exact) mass is 247 g/mol. The zero-order chi connectivity index (χ0) is 13.3. The van der Waals surface area contributed by atoms with E-state index in [1.807, 2.05) is 0 Å². The number of carboxylic acids is 1. The van der Waals surface area contributed by atoms with Gasteiger partial charge in [-0.15, -0.1) is 0 Å². The van der Waals surface area contributed by atoms with Gasteiger partial charge in [0.2, 0.25) is 0 Å². The zero-order valence-corrected chi connectivity index (χ0v) is 11.3. The van der Waals surface area contributed by atoms with E-state index in [0.717, 1.165) is 13.0 Å². The lowest BCUT2D eigenvalue weighted by Gasteiger charge is -2.25. The Morgan fingerprint density at radius 3 is 2.89 bits per heavy atom. The van der Waals surface area contributed by atoms with Crippen LogP contribution in [0.25, 0.3) is 0 Å². The summed E-state index contributed by atoms with van der Waals surface area (Å²) in [7, 11) is 0. The Hall–Kier alpha value is -1.51. The first-order valence-electron chi connectivity index (χ1n) is 6.64. The van der Waals surface area contributed by atoms with Gasteiger partial charge in [0.15, 0.2) is 0 Å². The van der Waals surface area contributed by atoms with Crippen molar-refractivity contribution in [3.63, 3.8) is 0 Å². The second-order valence-electron chi connectivity index (χ2n) is 5.21. The van der Waals surface area contributed by atoms with Crippen molar-refractivity contribution < 1.29 is 9.90 Å². The molecule has 0 saturated heterocycles. The summed E-state index contributed by atoms with van der Waals surface area (Å²) in [6, 6.07) is 6.80. The Labute approximate surface area is 108 Å². The van der Waals surface area contributed by atoms with Gasteiger partial charge in [-0.3, -0.25) is 4.79 Å². The number of nitrogens with zero attached hydrogens (tertiary/aromatic N) is 1. The van der Waals surface area contributed by atoms with Gasteiger partial charge in [-0.2, -0.15) is 0 Å². The van der Waals surface area contributed by atoms with E-state index in [-0.39, 0.29) is 5.92 Å². The van der Waals surface area contributed by atoms with Crippen LogP contribution in [0.1, 0.15) is 31.9 Å². The first-order chi connectivity index (χ1) is 8.54. The molecular weight excluding hydrogens is 226 g/mol. The summed E-state index contributed by atoms with van der Waals surface area (Å²) < 4.78 is 0. The molecule has 0 bridgehead atoms. The topological polar surface area (TPSA) is 40.5 Å². The van der Waals surface area contributed by atoms with Crippen molar-refractivity contribution in [1.82, 2.24) is 0 Å². The van der Waals surface area contributed by atoms with E-state index in [4.69, 9.17) is 5.11 Å². The number of anilines is 1. The van der Waals surface area contributed by atoms with E-state index in [1.54, 1.807) is 6.92 Å². The number of benzene rings is 1. The summed E-state index contributed by atoms with van der Waals surface area (Å²) in [6.07, 6.45) is 1.68. The highest BCUT2D eigenvalue weighted by Gasteiger charge is 2.27. The van der Waals surface area contributed by atoms with Crippen molar-refractivity contribution in [2.24, 2.45) is 5.92 Å². The van der Waals surface area contributed by atoms with Crippen molar-refractivity contribution in [1.29, 1.82) is 0 Å². The number of fused-ring (bicyclic) bond motifs is 1. The molecule has 2 rings (SSSR count). The average Bonchev–Trinajstić information content (AvgIpc) is 2.65. The summed E-state index contributed by atoms with van der Waals surface area (Å²) in [5.41, 5.74) is 3.81. The largest absolute Gasteiger partial charge is 0.481 e. The van der Waals surface area contributed by atoms with Crippen LogP contribution in [0.5, 0.6) is 0 Å². The molecule has 18 heavy (non-hydrogen) atoms. The second-order valence-corrected chi connectivity index (χ2v) is 5.21. The molecule has 1 N–H and O–H groups in total. The predicted molar refractivity (Wildman–Crippen MR) is 73.1 cm³/mol. The lowest BCUT2D eigenvalue weighted by atomic mass is 9.97. The molecule has 0 radical (unpaired) electrons. The number of carbonyl (C=O) groups is 1. The number of aliphatic carboxylic acids is 1. The van der Waals surface area contributed by atoms with Crippen LogP contribution in [0.3, 0.4) is 0 Å². The normalized spacial score (nSPS) is 19.7. The van der Waals surface area contributed by atoms with Gasteiger partial charge >= 0.3 is 5.97 Å². The number of para-hydroxylation sites is 1. The molecule has 0 fully saturated rings. The van der Waals surface area contributed by atoms with E-state index < -0.39 is 5.97 Å². The first-order valence-corrected chi connectivity index (χ1v) is 6.64. The molecule has 1 heterocycles. The number of carboxylic acid groups (broad SMARTS) is 1. The van der Waals surface area contributed by atoms with Gasteiger partial charge in [0.1, 0.15) is 0 Å². The third kappa shape index (κ3) is 2.22. The Balaban J connectivity index is 2.34. The van der Waals surface area contributed by atoms with Gasteiger partial charge in [-0.25, -0.2) is 0 Å². The van der Waals surface area contributed by atoms with Crippen molar-refractivity contribution in [3.05, 3.63) is 29.3 Å². The van der Waals surface area contributed by atoms with Crippen LogP contribution in [-0.2, 0) is 17.6 Å². The molecule has 1 aromatic carbocycles. The van der Waals surface area contributed by atoms with E-state index in [2.05, 4.69) is 36.9 Å². The molecular formula is C15H21NO2. The van der Waals surface area contributed by atoms with Crippen LogP contribution in [0, 0.1) is 5.92 Å². The number of likely N-dealkylation sites (N-methyl/N-ethyl adjacent to an activating group) is 1. The van der Waals surface area contributed by atoms with Crippen LogP contribution in [0.15, 0.2) is 18.2 Å². The Morgan fingerprint density at radius 1 is 1.56 bits per heavy atom. The zero-order valence-electron chi connectivity index (χ0n) is 11.3. The van der Waals surface area contributed by atoms with Crippen molar-refractivity contribution in [2.45, 2.75) is 39.7 Å². The maximum Gasteiger partial charge on any atom is 0.306 e. The molecule has 0 amide bonds. The number of hydrogen-bond acceptors (Lipinski definition) is 2. The van der Waals surface area contributed by atoms with Crippen molar-refractivity contribution >= 4 is 11.7 Å². The molecule has 1 aliphatic heterocycles. The minimum Gasteiger partial charge on any atom is -0.481 e. The molecule has 2 unspecified atom stereocenters. The molecule has 3 nitrogen and oxygen atoms in total. The second kappa shape index (κ2) is 5.01. The lowest BCUT2D eigenvalue weighted by Crippen LogP contribution is -2.29. The number of rotatable bonds is 4. The Bertz CT molecular complexity index is 456. The molecule has 3 heteroatoms. The van der Waals surface area contributed by atoms with Gasteiger partial charge in [-0.05, 0) is 37.8 Å². The van der Waals surface area contributed by atoms with Gasteiger partial charge in [0.25, 0.3) is 0 Å². The molecule has 0 aliphatic carbocycles. The maximum atomic E-state index is 11.0. The quantitative estimate of drug-likeness (QED) is 0.889. The molecule has 2 atom stereocenters. The standard InChI is InChI=1S/C15H21NO2/c1-4-16-11(3)9-13-7-5-6-12(14(13)16)8-10(2)15(17)18/h5-7,10-11H,4,8-9H2,1-3H3,(H,17,18). The van der Waals surface area contributed by atoms with Crippen LogP contribution in [-0.4, -0.2) is 23.7 Å². The Morgan fingerprint density at radius 2 is 2.28 bits per heavy atom. The molecule has 0 spiro atoms. The van der Waals surface area contributed by atoms with Crippen molar-refractivity contribution in [3.8, 4) is 0 Å². The third-order valence-electron chi connectivity index (χ3n) is 3.83. The van der Waals surface area contributed by atoms with Crippen LogP contribution < -0.4 is 4.90 Å². The fourth-order valence-corrected chi connectivity index (χ4v) is 2.88. The van der Waals surface area contributed by atoms with E-state index in [1.165, 1.54) is 16.8 Å². The predicted octanol–water partition coefficient (Wildman–Crippen LogP) is 2.72. The third-order valence-corrected chi connectivity index (χ3v) is 3.83. The van der Waals surface area contributed by atoms with E-state index in [0.29, 0.717) is 12.5 Å². The van der Waals surface area contributed by atoms with E-state index >= 15 is 0 Å². The summed E-state index contributed by atoms with van der Waals surface area (Å²) in [5.74, 6) is -1.05. The minimum absolute atomic E-state index is 0.328. The minimum atomic E-state index is -0.721. The molecule has 98 valence electrons. The van der Waals surface area contributed by atoms with Crippen LogP contribution >= 0.6 is 0 Å². The molecule has 1 aromatic rings. The Kier molecular flexibility index (Phi) is 3.60. The molecule has 0 aromatic heterocycles. The first kappa shape index (κ1) is 12.9. The van der Waals surface area contributed by atoms with Crippen LogP contribution in [0.4, 0.5) is 5.69 Å². The molecule has 0 saturated carbocycles. The lowest BCUT2D eigenvalue weighted by molar-refractivity contribution is -0.141. The van der Waals surface area contributed by atoms with Gasteiger partial charge in [0, 0.05) is 18.3 Å². The highest BCUT2D eigenvalue weighted by atomic mass is 16.4. The van der Waals surface area contributed by atoms with Crippen molar-refractivity contribution in [2.75, 3.05) is 11.4 Å². The fraction of sp³-hybridized carbons (Fsp3) is 0.533. The van der Waals surface area contributed by atoms with E-state index in [9.17, 15) is 4.79 Å². The summed E-state index contributed by atoms with van der Waals surface area (Å²) >= 11 is 0. The number of hydrogen-bond donors (Lipinski definition) is 1. The maximum absolute atomic E-state index is 11.0.